The molecule has 2 aliphatic carbocycles. The molecule has 0 unspecified atom stereocenters. The minimum Gasteiger partial charge on any atom is -0.504 e. The maximum absolute atomic E-state index is 13.1. The lowest BCUT2D eigenvalue weighted by Gasteiger charge is -2.60. The number of carbonyl (C=O) groups is 1. The van der Waals surface area contributed by atoms with Gasteiger partial charge in [0.25, 0.3) is 0 Å². The molecule has 4 aliphatic rings. The largest absolute Gasteiger partial charge is 0.504 e. The topological polar surface area (TPSA) is 66.2 Å². The maximum Gasteiger partial charge on any atom is 0.246 e. The van der Waals surface area contributed by atoms with Crippen molar-refractivity contribution >= 4 is 12.0 Å². The van der Waals surface area contributed by atoms with Crippen LogP contribution in [0, 0.1) is 5.92 Å². The molecule has 3 heterocycles. The minimum absolute atomic E-state index is 0.0449. The molecule has 6 nitrogen and oxygen atoms in total. The van der Waals surface area contributed by atoms with E-state index in [-0.39, 0.29) is 29.2 Å². The van der Waals surface area contributed by atoms with E-state index < -0.39 is 0 Å². The van der Waals surface area contributed by atoms with E-state index in [0.717, 1.165) is 44.3 Å². The van der Waals surface area contributed by atoms with E-state index in [1.54, 1.807) is 30.7 Å². The van der Waals surface area contributed by atoms with Gasteiger partial charge in [-0.2, -0.15) is 0 Å². The third-order valence-corrected chi connectivity index (χ3v) is 8.57. The van der Waals surface area contributed by atoms with Gasteiger partial charge in [-0.25, -0.2) is 0 Å². The summed E-state index contributed by atoms with van der Waals surface area (Å²) < 4.78 is 11.7. The Labute approximate surface area is 194 Å². The number of phenols is 1. The Bertz CT molecular complexity index is 1120. The lowest BCUT2D eigenvalue weighted by Crippen LogP contribution is -2.68. The average Bonchev–Trinajstić information content (AvgIpc) is 3.46. The highest BCUT2D eigenvalue weighted by atomic mass is 16.5. The fourth-order valence-electron chi connectivity index (χ4n) is 7.21. The van der Waals surface area contributed by atoms with Gasteiger partial charge >= 0.3 is 0 Å². The molecule has 6 heteroatoms. The standard InChI is InChI=1S/C27H30N2O4/c1-3-12-29-13-11-27-19-6-7-20(28(2)23(31)9-4-17-10-14-32-16-17)26(27)33-25-22(30)8-5-18(24(25)27)15-21(19)29/h3-5,8-10,14,16,19-21,26,30H,1,6-7,11-13,15H2,2H3/b9-4+/t19-,20+,21+,26-,27-/m0/s1. The summed E-state index contributed by atoms with van der Waals surface area (Å²) in [7, 11) is 1.88. The number of rotatable bonds is 5. The van der Waals surface area contributed by atoms with Gasteiger partial charge in [0.1, 0.15) is 6.10 Å². The van der Waals surface area contributed by atoms with Gasteiger partial charge in [-0.05, 0) is 61.9 Å². The van der Waals surface area contributed by atoms with Crippen molar-refractivity contribution in [3.63, 3.8) is 0 Å². The third kappa shape index (κ3) is 2.86. The summed E-state index contributed by atoms with van der Waals surface area (Å²) in [5.74, 6) is 1.28. The molecule has 1 aromatic carbocycles. The molecule has 1 spiro atoms. The summed E-state index contributed by atoms with van der Waals surface area (Å²) in [6, 6.07) is 6.07. The Balaban J connectivity index is 1.38. The van der Waals surface area contributed by atoms with Crippen LogP contribution in [0.3, 0.4) is 0 Å². The van der Waals surface area contributed by atoms with Crippen LogP contribution in [0.5, 0.6) is 11.5 Å². The first-order chi connectivity index (χ1) is 16.0. The van der Waals surface area contributed by atoms with Crippen molar-refractivity contribution in [3.05, 3.63) is 66.1 Å². The highest BCUT2D eigenvalue weighted by Crippen LogP contribution is 2.64. The molecule has 5 atom stereocenters. The molecule has 2 aromatic rings. The normalized spacial score (nSPS) is 31.8. The zero-order valence-corrected chi connectivity index (χ0v) is 18.9. The van der Waals surface area contributed by atoms with Crippen LogP contribution in [-0.4, -0.2) is 59.1 Å². The van der Waals surface area contributed by atoms with Crippen LogP contribution in [0.4, 0.5) is 0 Å². The number of amides is 1. The lowest BCUT2D eigenvalue weighted by molar-refractivity contribution is -0.135. The summed E-state index contributed by atoms with van der Waals surface area (Å²) in [4.78, 5) is 17.5. The number of likely N-dealkylation sites (tertiary alicyclic amines) is 1. The SMILES string of the molecule is C=CCN1CC[C@]23c4c5ccc(O)c4O[C@H]2[C@H](N(C)C(=O)/C=C/c2ccoc2)CC[C@H]3[C@H]1C5. The summed E-state index contributed by atoms with van der Waals surface area (Å²) in [6.45, 7) is 5.85. The van der Waals surface area contributed by atoms with Crippen molar-refractivity contribution in [2.75, 3.05) is 20.1 Å². The molecule has 2 aliphatic heterocycles. The first-order valence-electron chi connectivity index (χ1n) is 11.9. The molecule has 1 saturated heterocycles. The third-order valence-electron chi connectivity index (χ3n) is 8.57. The molecule has 2 bridgehead atoms. The molecule has 1 amide bonds. The Kier molecular flexibility index (Phi) is 4.70. The van der Waals surface area contributed by atoms with E-state index in [9.17, 15) is 9.90 Å². The van der Waals surface area contributed by atoms with E-state index in [4.69, 9.17) is 9.15 Å². The van der Waals surface area contributed by atoms with E-state index in [1.165, 1.54) is 11.1 Å². The fourth-order valence-corrected chi connectivity index (χ4v) is 7.21. The van der Waals surface area contributed by atoms with Crippen LogP contribution in [0.15, 0.2) is 53.9 Å². The predicted molar refractivity (Wildman–Crippen MR) is 125 cm³/mol. The first-order valence-corrected chi connectivity index (χ1v) is 11.9. The number of aromatic hydroxyl groups is 1. The van der Waals surface area contributed by atoms with Crippen molar-refractivity contribution < 1.29 is 19.1 Å². The smallest absolute Gasteiger partial charge is 0.246 e. The fraction of sp³-hybridized carbons (Fsp3) is 0.444. The van der Waals surface area contributed by atoms with Crippen molar-refractivity contribution in [3.8, 4) is 11.5 Å². The second kappa shape index (κ2) is 7.52. The summed E-state index contributed by atoms with van der Waals surface area (Å²) >= 11 is 0. The first kappa shape index (κ1) is 20.6. The number of likely N-dealkylation sites (N-methyl/N-ethyl adjacent to an activating group) is 1. The highest BCUT2D eigenvalue weighted by molar-refractivity contribution is 5.91. The van der Waals surface area contributed by atoms with E-state index >= 15 is 0 Å². The molecule has 33 heavy (non-hydrogen) atoms. The van der Waals surface area contributed by atoms with E-state index in [1.807, 2.05) is 24.1 Å². The number of hydrogen-bond acceptors (Lipinski definition) is 5. The van der Waals surface area contributed by atoms with Gasteiger partial charge in [0.05, 0.1) is 18.6 Å². The molecule has 0 radical (unpaired) electrons. The van der Waals surface area contributed by atoms with Crippen LogP contribution in [-0.2, 0) is 16.6 Å². The van der Waals surface area contributed by atoms with Gasteiger partial charge in [0, 0.05) is 42.3 Å². The highest BCUT2D eigenvalue weighted by Gasteiger charge is 2.66. The second-order valence-corrected chi connectivity index (χ2v) is 9.92. The van der Waals surface area contributed by atoms with Gasteiger partial charge in [-0.15, -0.1) is 6.58 Å². The molecular formula is C27H30N2O4. The van der Waals surface area contributed by atoms with Crippen LogP contribution in [0.25, 0.3) is 6.08 Å². The van der Waals surface area contributed by atoms with Gasteiger partial charge < -0.3 is 19.2 Å². The zero-order chi connectivity index (χ0) is 22.7. The number of piperidine rings is 1. The Hall–Kier alpha value is -2.99. The number of carbonyl (C=O) groups excluding carboxylic acids is 1. The Morgan fingerprint density at radius 2 is 2.24 bits per heavy atom. The molecule has 1 aromatic heterocycles. The van der Waals surface area contributed by atoms with Crippen molar-refractivity contribution in [2.45, 2.75) is 49.3 Å². The second-order valence-electron chi connectivity index (χ2n) is 9.92. The van der Waals surface area contributed by atoms with Gasteiger partial charge in [-0.1, -0.05) is 12.1 Å². The monoisotopic (exact) mass is 446 g/mol. The Morgan fingerprint density at radius 1 is 1.36 bits per heavy atom. The molecular weight excluding hydrogens is 416 g/mol. The number of hydrogen-bond donors (Lipinski definition) is 1. The number of phenolic OH excluding ortho intramolecular Hbond substituents is 1. The summed E-state index contributed by atoms with van der Waals surface area (Å²) in [6.07, 6.45) is 12.3. The minimum atomic E-state index is -0.157. The number of benzene rings is 1. The Morgan fingerprint density at radius 3 is 3.03 bits per heavy atom. The molecule has 6 rings (SSSR count). The van der Waals surface area contributed by atoms with E-state index in [0.29, 0.717) is 17.7 Å². The van der Waals surface area contributed by atoms with Gasteiger partial charge in [0.2, 0.25) is 5.91 Å². The molecule has 1 N–H and O–H groups in total. The summed E-state index contributed by atoms with van der Waals surface area (Å²) in [5.41, 5.74) is 3.21. The van der Waals surface area contributed by atoms with Gasteiger partial charge in [-0.3, -0.25) is 9.69 Å². The zero-order valence-electron chi connectivity index (χ0n) is 18.9. The maximum atomic E-state index is 13.1. The number of nitrogens with zero attached hydrogens (tertiary/aromatic N) is 2. The van der Waals surface area contributed by atoms with Crippen molar-refractivity contribution in [2.24, 2.45) is 5.92 Å². The quantitative estimate of drug-likeness (QED) is 0.560. The van der Waals surface area contributed by atoms with Crippen LogP contribution in [0.1, 0.15) is 36.0 Å². The van der Waals surface area contributed by atoms with Crippen molar-refractivity contribution in [1.29, 1.82) is 0 Å². The number of ether oxygens (including phenoxy) is 1. The molecule has 172 valence electrons. The average molecular weight is 447 g/mol. The van der Waals surface area contributed by atoms with Crippen LogP contribution < -0.4 is 4.74 Å². The van der Waals surface area contributed by atoms with Crippen LogP contribution in [0.2, 0.25) is 0 Å². The number of furan rings is 1. The predicted octanol–water partition coefficient (Wildman–Crippen LogP) is 3.75. The molecule has 1 saturated carbocycles. The van der Waals surface area contributed by atoms with Gasteiger partial charge in [0.15, 0.2) is 11.5 Å². The van der Waals surface area contributed by atoms with Crippen LogP contribution >= 0.6 is 0 Å². The summed E-state index contributed by atoms with van der Waals surface area (Å²) in [5, 5.41) is 10.7. The molecule has 2 fully saturated rings. The van der Waals surface area contributed by atoms with E-state index in [2.05, 4.69) is 17.5 Å². The lowest BCUT2D eigenvalue weighted by atomic mass is 9.51. The van der Waals surface area contributed by atoms with Crippen molar-refractivity contribution in [1.82, 2.24) is 9.80 Å².